The first-order chi connectivity index (χ1) is 17.3. The normalized spacial score (nSPS) is 14.8. The summed E-state index contributed by atoms with van der Waals surface area (Å²) in [5, 5.41) is 0.480. The van der Waals surface area contributed by atoms with Crippen molar-refractivity contribution >= 4 is 41.8 Å². The van der Waals surface area contributed by atoms with Gasteiger partial charge in [-0.1, -0.05) is 41.5 Å². The topological polar surface area (TPSA) is 55.4 Å². The van der Waals surface area contributed by atoms with Crippen molar-refractivity contribution in [3.63, 3.8) is 0 Å². The molecule has 0 radical (unpaired) electrons. The number of hydrogen-bond donors (Lipinski definition) is 0. The fraction of sp³-hybridized carbons (Fsp3) is 1.00. The maximum absolute atomic E-state index is 6.76. The average molecular weight is 641 g/mol. The molecule has 0 N–H and O–H groups in total. The van der Waals surface area contributed by atoms with Crippen LogP contribution in [0.1, 0.15) is 54.4 Å². The van der Waals surface area contributed by atoms with Gasteiger partial charge < -0.3 is 26.6 Å². The lowest BCUT2D eigenvalue weighted by molar-refractivity contribution is 0.0952. The summed E-state index contributed by atoms with van der Waals surface area (Å²) in [6, 6.07) is 2.17. The lowest BCUT2D eigenvalue weighted by Crippen LogP contribution is -2.52. The molecule has 0 heterocycles. The SMILES string of the molecule is CC(C)(C)[Si](C)(C)OCCOCCC[Si](C)(C)O[Si](C)(C)O[Si](C)(C)CCCOCCO[Si](C)(C)C(C)(C)C. The van der Waals surface area contributed by atoms with Crippen molar-refractivity contribution in [2.24, 2.45) is 0 Å². The summed E-state index contributed by atoms with van der Waals surface area (Å²) in [4.78, 5) is 0. The molecule has 0 saturated carbocycles. The van der Waals surface area contributed by atoms with Crippen LogP contribution in [0.2, 0.25) is 87.6 Å². The van der Waals surface area contributed by atoms with Crippen LogP contribution in [0.5, 0.6) is 0 Å². The monoisotopic (exact) mass is 640 g/mol. The Morgan fingerprint density at radius 2 is 0.744 bits per heavy atom. The average Bonchev–Trinajstić information content (AvgIpc) is 2.68. The van der Waals surface area contributed by atoms with Crippen molar-refractivity contribution in [3.8, 4) is 0 Å². The van der Waals surface area contributed by atoms with E-state index >= 15 is 0 Å². The van der Waals surface area contributed by atoms with Crippen LogP contribution in [0.4, 0.5) is 0 Å². The Hall–Kier alpha value is 0.844. The van der Waals surface area contributed by atoms with Gasteiger partial charge in [0.1, 0.15) is 0 Å². The first-order valence-electron chi connectivity index (χ1n) is 15.2. The summed E-state index contributed by atoms with van der Waals surface area (Å²) in [7, 11) is -9.23. The Bertz CT molecular complexity index is 629. The Balaban J connectivity index is 4.26. The second kappa shape index (κ2) is 16.1. The number of hydrogen-bond acceptors (Lipinski definition) is 6. The third-order valence-corrected chi connectivity index (χ3v) is 28.7. The van der Waals surface area contributed by atoms with Gasteiger partial charge in [-0.15, -0.1) is 0 Å². The molecule has 0 bridgehead atoms. The predicted octanol–water partition coefficient (Wildman–Crippen LogP) is 8.99. The quantitative estimate of drug-likeness (QED) is 0.0978. The highest BCUT2D eigenvalue weighted by atomic mass is 28.5. The minimum Gasteiger partial charge on any atom is -0.437 e. The molecule has 0 rings (SSSR count). The van der Waals surface area contributed by atoms with Gasteiger partial charge in [-0.05, 0) is 100 Å². The molecule has 0 unspecified atom stereocenters. The van der Waals surface area contributed by atoms with E-state index in [0.29, 0.717) is 26.4 Å². The van der Waals surface area contributed by atoms with Crippen LogP contribution in [0.3, 0.4) is 0 Å². The third kappa shape index (κ3) is 17.5. The molecule has 0 aliphatic carbocycles. The first kappa shape index (κ1) is 39.8. The number of ether oxygens (including phenoxy) is 2. The van der Waals surface area contributed by atoms with Gasteiger partial charge in [0.05, 0.1) is 26.4 Å². The van der Waals surface area contributed by atoms with E-state index in [1.165, 1.54) is 0 Å². The second-order valence-electron chi connectivity index (χ2n) is 15.8. The maximum atomic E-state index is 6.76. The molecule has 0 aliphatic heterocycles. The Kier molecular flexibility index (Phi) is 16.4. The van der Waals surface area contributed by atoms with Crippen LogP contribution in [-0.2, 0) is 26.6 Å². The van der Waals surface area contributed by atoms with Crippen LogP contribution in [-0.4, -0.2) is 81.5 Å². The predicted molar refractivity (Wildman–Crippen MR) is 181 cm³/mol. The van der Waals surface area contributed by atoms with Crippen molar-refractivity contribution in [1.82, 2.24) is 0 Å². The van der Waals surface area contributed by atoms with Crippen LogP contribution < -0.4 is 0 Å². The molecule has 0 amide bonds. The maximum Gasteiger partial charge on any atom is 0.311 e. The van der Waals surface area contributed by atoms with Crippen molar-refractivity contribution in [2.75, 3.05) is 39.6 Å². The highest BCUT2D eigenvalue weighted by Crippen LogP contribution is 2.37. The highest BCUT2D eigenvalue weighted by molar-refractivity contribution is 6.87. The van der Waals surface area contributed by atoms with Crippen molar-refractivity contribution < 1.29 is 26.6 Å². The van der Waals surface area contributed by atoms with Crippen LogP contribution in [0.25, 0.3) is 0 Å². The molecule has 0 fully saturated rings. The zero-order valence-electron chi connectivity index (χ0n) is 29.0. The van der Waals surface area contributed by atoms with E-state index in [0.717, 1.165) is 38.1 Å². The molecule has 0 aromatic carbocycles. The fourth-order valence-corrected chi connectivity index (χ4v) is 20.1. The molecule has 0 aromatic rings. The van der Waals surface area contributed by atoms with Crippen molar-refractivity contribution in [1.29, 1.82) is 0 Å². The summed E-state index contributed by atoms with van der Waals surface area (Å²) in [6.07, 6.45) is 2.06. The van der Waals surface area contributed by atoms with E-state index in [9.17, 15) is 0 Å². The first-order valence-corrected chi connectivity index (χ1v) is 30.0. The van der Waals surface area contributed by atoms with Crippen LogP contribution in [0, 0.1) is 0 Å². The van der Waals surface area contributed by atoms with Gasteiger partial charge in [-0.25, -0.2) is 0 Å². The zero-order valence-corrected chi connectivity index (χ0v) is 34.0. The van der Waals surface area contributed by atoms with Gasteiger partial charge in [-0.3, -0.25) is 0 Å². The Morgan fingerprint density at radius 3 is 1.03 bits per heavy atom. The zero-order chi connectivity index (χ0) is 30.8. The largest absolute Gasteiger partial charge is 0.437 e. The molecule has 39 heavy (non-hydrogen) atoms. The van der Waals surface area contributed by atoms with Crippen molar-refractivity contribution in [2.45, 2.75) is 142 Å². The Labute approximate surface area is 249 Å². The molecule has 0 aliphatic rings. The summed E-state index contributed by atoms with van der Waals surface area (Å²) in [6.45, 7) is 40.8. The minimum absolute atomic E-state index is 0.240. The smallest absolute Gasteiger partial charge is 0.311 e. The molecular formula is C28H68O6Si5. The molecule has 0 saturated heterocycles. The molecule has 11 heteroatoms. The summed E-state index contributed by atoms with van der Waals surface area (Å²) in [5.74, 6) is 0. The van der Waals surface area contributed by atoms with E-state index in [-0.39, 0.29) is 10.1 Å². The summed E-state index contributed by atoms with van der Waals surface area (Å²) in [5.41, 5.74) is 0. The van der Waals surface area contributed by atoms with Gasteiger partial charge in [-0.2, -0.15) is 0 Å². The molecule has 0 aromatic heterocycles. The fourth-order valence-electron chi connectivity index (χ4n) is 4.00. The number of rotatable bonds is 20. The molecular weight excluding hydrogens is 573 g/mol. The molecule has 6 nitrogen and oxygen atoms in total. The van der Waals surface area contributed by atoms with Gasteiger partial charge in [0.2, 0.25) is 0 Å². The van der Waals surface area contributed by atoms with Gasteiger partial charge in [0, 0.05) is 13.2 Å². The van der Waals surface area contributed by atoms with E-state index in [1.807, 2.05) is 0 Å². The molecule has 0 spiro atoms. The van der Waals surface area contributed by atoms with E-state index in [4.69, 9.17) is 26.6 Å². The molecule has 236 valence electrons. The van der Waals surface area contributed by atoms with Crippen molar-refractivity contribution in [3.05, 3.63) is 0 Å². The molecule has 0 atom stereocenters. The Morgan fingerprint density at radius 1 is 0.436 bits per heavy atom. The van der Waals surface area contributed by atoms with E-state index in [1.54, 1.807) is 0 Å². The highest BCUT2D eigenvalue weighted by Gasteiger charge is 2.40. The summed E-state index contributed by atoms with van der Waals surface area (Å²) < 4.78 is 37.7. The van der Waals surface area contributed by atoms with Gasteiger partial charge in [0.25, 0.3) is 0 Å². The lowest BCUT2D eigenvalue weighted by atomic mass is 10.2. The van der Waals surface area contributed by atoms with Crippen LogP contribution >= 0.6 is 0 Å². The summed E-state index contributed by atoms with van der Waals surface area (Å²) >= 11 is 0. The standard InChI is InChI=1S/C28H68O6Si5/c1-27(2,3)37(11,12)31-23-21-29-19-17-25-35(7,8)33-39(15,16)34-36(9,10)26-18-20-30-22-24-32-38(13,14)28(4,5)6/h17-26H2,1-16H3. The lowest BCUT2D eigenvalue weighted by Gasteiger charge is -2.39. The van der Waals surface area contributed by atoms with E-state index in [2.05, 4.69) is 107 Å². The van der Waals surface area contributed by atoms with E-state index < -0.39 is 41.8 Å². The second-order valence-corrected chi connectivity index (χ2v) is 37.9. The van der Waals surface area contributed by atoms with Crippen LogP contribution in [0.15, 0.2) is 0 Å². The van der Waals surface area contributed by atoms with Gasteiger partial charge >= 0.3 is 8.56 Å². The van der Waals surface area contributed by atoms with Gasteiger partial charge in [0.15, 0.2) is 33.3 Å². The minimum atomic E-state index is -2.20. The third-order valence-electron chi connectivity index (χ3n) is 8.17.